The molecule has 1 aromatic heterocycles. The second-order valence-electron chi connectivity index (χ2n) is 4.58. The largest absolute Gasteiger partial charge is 0.307 e. The predicted octanol–water partition coefficient (Wildman–Crippen LogP) is -0.961. The number of nitrogens with zero attached hydrogens (tertiary/aromatic N) is 3. The maximum Gasteiger partial charge on any atom is 0.307 e. The van der Waals surface area contributed by atoms with E-state index in [1.54, 1.807) is 4.57 Å². The zero-order valence-corrected chi connectivity index (χ0v) is 12.4. The summed E-state index contributed by atoms with van der Waals surface area (Å²) in [7, 11) is -3.57. The van der Waals surface area contributed by atoms with E-state index in [1.807, 2.05) is 12.3 Å². The van der Waals surface area contributed by atoms with E-state index >= 15 is 0 Å². The van der Waals surface area contributed by atoms with Gasteiger partial charge in [0.1, 0.15) is 0 Å². The van der Waals surface area contributed by atoms with Crippen molar-refractivity contribution in [1.82, 2.24) is 13.8 Å². The molecule has 2 N–H and O–H groups in total. The Balaban J connectivity index is 1.85. The third-order valence-corrected chi connectivity index (χ3v) is 5.27. The molecule has 1 fully saturated rings. The first-order valence-electron chi connectivity index (χ1n) is 6.03. The van der Waals surface area contributed by atoms with E-state index in [4.69, 9.17) is 5.14 Å². The number of aromatic nitrogens is 1. The molecule has 0 radical (unpaired) electrons. The van der Waals surface area contributed by atoms with Gasteiger partial charge in [0.15, 0.2) is 0 Å². The molecular weight excluding hydrogens is 288 g/mol. The Morgan fingerprint density at radius 1 is 1.26 bits per heavy atom. The van der Waals surface area contributed by atoms with Gasteiger partial charge in [-0.3, -0.25) is 9.69 Å². The summed E-state index contributed by atoms with van der Waals surface area (Å²) in [5.74, 6) is 0. The Labute approximate surface area is 116 Å². The second-order valence-corrected chi connectivity index (χ2v) is 6.95. The molecule has 0 saturated carbocycles. The molecule has 19 heavy (non-hydrogen) atoms. The summed E-state index contributed by atoms with van der Waals surface area (Å²) in [4.78, 5) is 13.8. The van der Waals surface area contributed by atoms with Gasteiger partial charge < -0.3 is 4.57 Å². The summed E-state index contributed by atoms with van der Waals surface area (Å²) < 4.78 is 25.4. The highest BCUT2D eigenvalue weighted by atomic mass is 32.2. The van der Waals surface area contributed by atoms with Crippen LogP contribution in [0.1, 0.15) is 5.69 Å². The molecule has 0 bridgehead atoms. The Morgan fingerprint density at radius 2 is 1.89 bits per heavy atom. The van der Waals surface area contributed by atoms with Gasteiger partial charge in [0.25, 0.3) is 10.2 Å². The van der Waals surface area contributed by atoms with Crippen LogP contribution in [-0.2, 0) is 16.8 Å². The van der Waals surface area contributed by atoms with E-state index in [0.717, 1.165) is 12.2 Å². The van der Waals surface area contributed by atoms with Crippen LogP contribution in [0.5, 0.6) is 0 Å². The fourth-order valence-corrected chi connectivity index (χ4v) is 3.56. The van der Waals surface area contributed by atoms with E-state index in [0.29, 0.717) is 32.7 Å². The first-order valence-corrected chi connectivity index (χ1v) is 8.41. The van der Waals surface area contributed by atoms with Crippen molar-refractivity contribution in [3.63, 3.8) is 0 Å². The smallest absolute Gasteiger partial charge is 0.302 e. The minimum absolute atomic E-state index is 0.0562. The van der Waals surface area contributed by atoms with E-state index < -0.39 is 10.2 Å². The molecule has 0 aliphatic carbocycles. The average Bonchev–Trinajstić information content (AvgIpc) is 2.66. The average molecular weight is 306 g/mol. The van der Waals surface area contributed by atoms with Gasteiger partial charge in [-0.1, -0.05) is 11.3 Å². The number of thiazole rings is 1. The number of hydrogen-bond donors (Lipinski definition) is 1. The van der Waals surface area contributed by atoms with Crippen LogP contribution in [-0.4, -0.2) is 54.9 Å². The lowest BCUT2D eigenvalue weighted by molar-refractivity contribution is 0.182. The maximum absolute atomic E-state index is 11.6. The number of nitrogens with two attached hydrogens (primary N) is 1. The number of piperazine rings is 1. The molecule has 9 heteroatoms. The monoisotopic (exact) mass is 306 g/mol. The summed E-state index contributed by atoms with van der Waals surface area (Å²) in [6, 6.07) is 0. The van der Waals surface area contributed by atoms with Crippen LogP contribution in [0.2, 0.25) is 0 Å². The van der Waals surface area contributed by atoms with Gasteiger partial charge in [-0.05, 0) is 6.92 Å². The lowest BCUT2D eigenvalue weighted by Crippen LogP contribution is -2.51. The van der Waals surface area contributed by atoms with Crippen molar-refractivity contribution in [3.8, 4) is 0 Å². The molecule has 1 aliphatic heterocycles. The van der Waals surface area contributed by atoms with Crippen LogP contribution in [0.15, 0.2) is 10.2 Å². The lowest BCUT2D eigenvalue weighted by Gasteiger charge is -2.32. The minimum Gasteiger partial charge on any atom is -0.302 e. The van der Waals surface area contributed by atoms with Crippen molar-refractivity contribution in [3.05, 3.63) is 20.7 Å². The predicted molar refractivity (Wildman–Crippen MR) is 74.4 cm³/mol. The van der Waals surface area contributed by atoms with E-state index in [-0.39, 0.29) is 4.87 Å². The molecule has 0 spiro atoms. The van der Waals surface area contributed by atoms with Crippen LogP contribution in [0.4, 0.5) is 0 Å². The summed E-state index contributed by atoms with van der Waals surface area (Å²) in [5, 5.41) is 6.93. The summed E-state index contributed by atoms with van der Waals surface area (Å²) in [5.41, 5.74) is 0.971. The summed E-state index contributed by atoms with van der Waals surface area (Å²) >= 11 is 1.21. The molecule has 1 aliphatic rings. The molecule has 0 unspecified atom stereocenters. The fourth-order valence-electron chi connectivity index (χ4n) is 2.12. The first kappa shape index (κ1) is 14.7. The highest BCUT2D eigenvalue weighted by molar-refractivity contribution is 7.86. The number of hydrogen-bond acceptors (Lipinski definition) is 5. The SMILES string of the molecule is Cc1csc(=O)n1CCN1CCN(S(N)(=O)=O)CC1. The lowest BCUT2D eigenvalue weighted by atomic mass is 10.3. The standard InChI is InChI=1S/C10H18N4O3S2/c1-9-8-18-10(15)14(9)7-4-12-2-5-13(6-3-12)19(11,16)17/h8H,2-7H2,1H3,(H2,11,16,17). The van der Waals surface area contributed by atoms with Gasteiger partial charge in [-0.25, -0.2) is 5.14 Å². The maximum atomic E-state index is 11.6. The molecule has 2 heterocycles. The van der Waals surface area contributed by atoms with Crippen LogP contribution in [0.3, 0.4) is 0 Å². The second kappa shape index (κ2) is 5.71. The highest BCUT2D eigenvalue weighted by Crippen LogP contribution is 2.05. The molecule has 7 nitrogen and oxygen atoms in total. The van der Waals surface area contributed by atoms with Crippen LogP contribution >= 0.6 is 11.3 Å². The Bertz CT molecular complexity index is 584. The molecule has 1 aromatic rings. The van der Waals surface area contributed by atoms with E-state index in [9.17, 15) is 13.2 Å². The zero-order valence-electron chi connectivity index (χ0n) is 10.8. The van der Waals surface area contributed by atoms with Crippen molar-refractivity contribution >= 4 is 21.5 Å². The van der Waals surface area contributed by atoms with Crippen LogP contribution in [0, 0.1) is 6.92 Å². The van der Waals surface area contributed by atoms with Crippen molar-refractivity contribution in [1.29, 1.82) is 0 Å². The van der Waals surface area contributed by atoms with E-state index in [2.05, 4.69) is 4.90 Å². The number of rotatable bonds is 4. The Morgan fingerprint density at radius 3 is 2.37 bits per heavy atom. The molecule has 108 valence electrons. The fraction of sp³-hybridized carbons (Fsp3) is 0.700. The third-order valence-electron chi connectivity index (χ3n) is 3.31. The summed E-state index contributed by atoms with van der Waals surface area (Å²) in [6.45, 7) is 5.42. The molecule has 1 saturated heterocycles. The first-order chi connectivity index (χ1) is 8.88. The zero-order chi connectivity index (χ0) is 14.0. The minimum atomic E-state index is -3.57. The van der Waals surface area contributed by atoms with Gasteiger partial charge in [-0.2, -0.15) is 12.7 Å². The van der Waals surface area contributed by atoms with Gasteiger partial charge in [0, 0.05) is 50.3 Å². The van der Waals surface area contributed by atoms with Gasteiger partial charge in [-0.15, -0.1) is 0 Å². The molecule has 0 amide bonds. The molecule has 0 aromatic carbocycles. The molecule has 0 atom stereocenters. The van der Waals surface area contributed by atoms with Crippen LogP contribution < -0.4 is 10.0 Å². The van der Waals surface area contributed by atoms with E-state index in [1.165, 1.54) is 15.6 Å². The van der Waals surface area contributed by atoms with Gasteiger partial charge in [0.05, 0.1) is 0 Å². The highest BCUT2D eigenvalue weighted by Gasteiger charge is 2.23. The van der Waals surface area contributed by atoms with Crippen LogP contribution in [0.25, 0.3) is 0 Å². The quantitative estimate of drug-likeness (QED) is 0.776. The Kier molecular flexibility index (Phi) is 4.41. The van der Waals surface area contributed by atoms with Crippen molar-refractivity contribution < 1.29 is 8.42 Å². The topological polar surface area (TPSA) is 88.6 Å². The third kappa shape index (κ3) is 3.63. The number of aryl methyl sites for hydroxylation is 1. The molecular formula is C10H18N4O3S2. The summed E-state index contributed by atoms with van der Waals surface area (Å²) in [6.07, 6.45) is 0. The van der Waals surface area contributed by atoms with Gasteiger partial charge in [0.2, 0.25) is 0 Å². The van der Waals surface area contributed by atoms with Crippen molar-refractivity contribution in [2.24, 2.45) is 5.14 Å². The van der Waals surface area contributed by atoms with Crippen molar-refractivity contribution in [2.75, 3.05) is 32.7 Å². The normalized spacial score (nSPS) is 18.8. The Hall–Kier alpha value is -0.740. The molecule has 2 rings (SSSR count). The van der Waals surface area contributed by atoms with Crippen molar-refractivity contribution in [2.45, 2.75) is 13.5 Å². The van der Waals surface area contributed by atoms with Gasteiger partial charge >= 0.3 is 4.87 Å².